The zero-order valence-electron chi connectivity index (χ0n) is 19.1. The summed E-state index contributed by atoms with van der Waals surface area (Å²) >= 11 is 0. The number of hydrogen-bond acceptors (Lipinski definition) is 5. The Labute approximate surface area is 197 Å². The average molecular weight is 453 g/mol. The highest BCUT2D eigenvalue weighted by Gasteiger charge is 2.31. The highest BCUT2D eigenvalue weighted by atomic mass is 16.5. The number of rotatable bonds is 5. The van der Waals surface area contributed by atoms with Gasteiger partial charge in [-0.05, 0) is 48.9 Å². The quantitative estimate of drug-likeness (QED) is 0.234. The molecule has 34 heavy (non-hydrogen) atoms. The number of aryl methyl sites for hydroxylation is 1. The number of esters is 1. The number of benzene rings is 3. The summed E-state index contributed by atoms with van der Waals surface area (Å²) in [6, 6.07) is 18.5. The molecule has 6 nitrogen and oxygen atoms in total. The number of Topliss-reactive ketones (excluding diaryl/α,β-unsaturated/α-hetero) is 1. The number of para-hydroxylation sites is 1. The highest BCUT2D eigenvalue weighted by Crippen LogP contribution is 2.39. The molecule has 0 saturated carbocycles. The lowest BCUT2D eigenvalue weighted by atomic mass is 10.1. The smallest absolute Gasteiger partial charge is 0.315 e. The van der Waals surface area contributed by atoms with Gasteiger partial charge in [0.25, 0.3) is 0 Å². The van der Waals surface area contributed by atoms with Gasteiger partial charge in [-0.2, -0.15) is 0 Å². The Balaban J connectivity index is 1.37. The first-order chi connectivity index (χ1) is 16.4. The van der Waals surface area contributed by atoms with Crippen LogP contribution in [0.3, 0.4) is 0 Å². The van der Waals surface area contributed by atoms with Gasteiger partial charge in [-0.1, -0.05) is 30.3 Å². The van der Waals surface area contributed by atoms with Crippen LogP contribution >= 0.6 is 0 Å². The van der Waals surface area contributed by atoms with Crippen LogP contribution in [-0.2, 0) is 18.3 Å². The predicted molar refractivity (Wildman–Crippen MR) is 129 cm³/mol. The van der Waals surface area contributed by atoms with E-state index in [1.807, 2.05) is 54.2 Å². The number of hydrogen-bond donors (Lipinski definition) is 0. The summed E-state index contributed by atoms with van der Waals surface area (Å²) < 4.78 is 18.7. The maximum Gasteiger partial charge on any atom is 0.315 e. The van der Waals surface area contributed by atoms with E-state index in [9.17, 15) is 9.59 Å². The van der Waals surface area contributed by atoms with E-state index in [2.05, 4.69) is 0 Å². The summed E-state index contributed by atoms with van der Waals surface area (Å²) in [6.45, 7) is 1.78. The minimum Gasteiger partial charge on any atom is -0.497 e. The molecule has 0 fully saturated rings. The first-order valence-electron chi connectivity index (χ1n) is 10.9. The molecule has 5 rings (SSSR count). The number of fused-ring (bicyclic) bond motifs is 2. The number of ketones is 1. The van der Waals surface area contributed by atoms with Crippen molar-refractivity contribution in [3.05, 3.63) is 94.9 Å². The Morgan fingerprint density at radius 3 is 2.59 bits per heavy atom. The van der Waals surface area contributed by atoms with Crippen molar-refractivity contribution in [2.75, 3.05) is 7.11 Å². The number of allylic oxidation sites excluding steroid dienone is 1. The molecule has 0 atom stereocenters. The van der Waals surface area contributed by atoms with Crippen molar-refractivity contribution in [3.8, 4) is 17.2 Å². The highest BCUT2D eigenvalue weighted by molar-refractivity contribution is 6.15. The maximum atomic E-state index is 13.0. The average Bonchev–Trinajstić information content (AvgIpc) is 3.33. The second-order valence-corrected chi connectivity index (χ2v) is 8.22. The molecule has 0 unspecified atom stereocenters. The predicted octanol–water partition coefficient (Wildman–Crippen LogP) is 5.26. The molecule has 0 bridgehead atoms. The minimum absolute atomic E-state index is 0.118. The van der Waals surface area contributed by atoms with E-state index in [1.54, 1.807) is 44.4 Å². The third kappa shape index (κ3) is 3.83. The molecule has 0 aliphatic carbocycles. The lowest BCUT2D eigenvalue weighted by Crippen LogP contribution is -2.12. The Morgan fingerprint density at radius 2 is 1.82 bits per heavy atom. The molecule has 0 radical (unpaired) electrons. The Morgan fingerprint density at radius 1 is 1.06 bits per heavy atom. The van der Waals surface area contributed by atoms with Crippen LogP contribution in [0.1, 0.15) is 27.0 Å². The van der Waals surface area contributed by atoms with Gasteiger partial charge >= 0.3 is 5.97 Å². The summed E-state index contributed by atoms with van der Waals surface area (Å²) in [5.74, 6) is 1.17. The van der Waals surface area contributed by atoms with Crippen molar-refractivity contribution in [2.45, 2.75) is 13.3 Å². The molecule has 0 spiro atoms. The fourth-order valence-electron chi connectivity index (χ4n) is 4.18. The van der Waals surface area contributed by atoms with Crippen molar-refractivity contribution < 1.29 is 23.8 Å². The SMILES string of the molecule is COc1ccc(CC(=O)Oc2ccc3c(c2C)O/C(=C\c2cn(C)c4ccccc24)C3=O)cc1. The first kappa shape index (κ1) is 21.5. The monoisotopic (exact) mass is 453 g/mol. The third-order valence-electron chi connectivity index (χ3n) is 5.98. The molecule has 3 aromatic carbocycles. The second-order valence-electron chi connectivity index (χ2n) is 8.22. The fraction of sp³-hybridized carbons (Fsp3) is 0.143. The van der Waals surface area contributed by atoms with E-state index in [-0.39, 0.29) is 18.0 Å². The van der Waals surface area contributed by atoms with Gasteiger partial charge in [-0.25, -0.2) is 0 Å². The molecule has 170 valence electrons. The zero-order chi connectivity index (χ0) is 23.8. The van der Waals surface area contributed by atoms with E-state index in [4.69, 9.17) is 14.2 Å². The Hall–Kier alpha value is -4.32. The van der Waals surface area contributed by atoms with Crippen LogP contribution in [0.4, 0.5) is 0 Å². The van der Waals surface area contributed by atoms with Gasteiger partial charge in [-0.3, -0.25) is 9.59 Å². The molecule has 0 saturated heterocycles. The number of aromatic nitrogens is 1. The molecule has 1 aliphatic heterocycles. The summed E-state index contributed by atoms with van der Waals surface area (Å²) in [6.07, 6.45) is 3.85. The number of ether oxygens (including phenoxy) is 3. The molecule has 1 aromatic heterocycles. The molecular weight excluding hydrogens is 430 g/mol. The Bertz CT molecular complexity index is 1460. The van der Waals surface area contributed by atoms with Crippen molar-refractivity contribution in [1.29, 1.82) is 0 Å². The number of carbonyl (C=O) groups excluding carboxylic acids is 2. The van der Waals surface area contributed by atoms with Gasteiger partial charge in [-0.15, -0.1) is 0 Å². The number of nitrogens with zero attached hydrogens (tertiary/aromatic N) is 1. The van der Waals surface area contributed by atoms with E-state index in [0.717, 1.165) is 27.8 Å². The summed E-state index contributed by atoms with van der Waals surface area (Å²) in [5.41, 5.74) is 3.85. The van der Waals surface area contributed by atoms with Crippen LogP contribution in [0.25, 0.3) is 17.0 Å². The van der Waals surface area contributed by atoms with Crippen LogP contribution in [0.2, 0.25) is 0 Å². The second kappa shape index (κ2) is 8.56. The van der Waals surface area contributed by atoms with Crippen LogP contribution in [0, 0.1) is 6.92 Å². The van der Waals surface area contributed by atoms with Gasteiger partial charge in [0.2, 0.25) is 5.78 Å². The van der Waals surface area contributed by atoms with Gasteiger partial charge in [0.15, 0.2) is 5.76 Å². The molecule has 0 N–H and O–H groups in total. The molecule has 2 heterocycles. The fourth-order valence-corrected chi connectivity index (χ4v) is 4.18. The van der Waals surface area contributed by atoms with E-state index < -0.39 is 5.97 Å². The topological polar surface area (TPSA) is 66.8 Å². The minimum atomic E-state index is -0.399. The lowest BCUT2D eigenvalue weighted by molar-refractivity contribution is -0.133. The van der Waals surface area contributed by atoms with Crippen molar-refractivity contribution in [1.82, 2.24) is 4.57 Å². The van der Waals surface area contributed by atoms with Gasteiger partial charge in [0, 0.05) is 35.3 Å². The van der Waals surface area contributed by atoms with Crippen molar-refractivity contribution >= 4 is 28.7 Å². The van der Waals surface area contributed by atoms with E-state index in [1.165, 1.54) is 0 Å². The molecule has 4 aromatic rings. The standard InChI is InChI=1S/C28H23NO5/c1-17-24(33-26(30)14-18-8-10-20(32-3)11-9-18)13-12-22-27(31)25(34-28(17)22)15-19-16-29(2)23-7-5-4-6-21(19)23/h4-13,15-16H,14H2,1-3H3/b25-15-. The summed E-state index contributed by atoms with van der Waals surface area (Å²) in [5, 5.41) is 1.04. The van der Waals surface area contributed by atoms with Gasteiger partial charge in [0.05, 0.1) is 19.1 Å². The molecule has 1 aliphatic rings. The van der Waals surface area contributed by atoms with Crippen LogP contribution in [0.5, 0.6) is 17.2 Å². The zero-order valence-corrected chi connectivity index (χ0v) is 19.1. The largest absolute Gasteiger partial charge is 0.497 e. The van der Waals surface area contributed by atoms with Crippen molar-refractivity contribution in [2.24, 2.45) is 7.05 Å². The summed E-state index contributed by atoms with van der Waals surface area (Å²) in [7, 11) is 3.56. The van der Waals surface area contributed by atoms with Crippen molar-refractivity contribution in [3.63, 3.8) is 0 Å². The lowest BCUT2D eigenvalue weighted by Gasteiger charge is -2.10. The van der Waals surface area contributed by atoms with Gasteiger partial charge < -0.3 is 18.8 Å². The van der Waals surface area contributed by atoms with E-state index >= 15 is 0 Å². The first-order valence-corrected chi connectivity index (χ1v) is 10.9. The number of carbonyl (C=O) groups is 2. The van der Waals surface area contributed by atoms with Gasteiger partial charge in [0.1, 0.15) is 17.2 Å². The maximum absolute atomic E-state index is 13.0. The molecular formula is C28H23NO5. The molecule has 0 amide bonds. The normalized spacial score (nSPS) is 13.7. The van der Waals surface area contributed by atoms with Crippen LogP contribution in [-0.4, -0.2) is 23.4 Å². The number of methoxy groups -OCH3 is 1. The summed E-state index contributed by atoms with van der Waals surface area (Å²) in [4.78, 5) is 25.5. The molecule has 6 heteroatoms. The van der Waals surface area contributed by atoms with E-state index in [0.29, 0.717) is 22.6 Å². The Kier molecular flexibility index (Phi) is 5.42. The van der Waals surface area contributed by atoms with Crippen LogP contribution < -0.4 is 14.2 Å². The van der Waals surface area contributed by atoms with Crippen LogP contribution in [0.15, 0.2) is 72.6 Å². The third-order valence-corrected chi connectivity index (χ3v) is 5.98.